The van der Waals surface area contributed by atoms with Gasteiger partial charge >= 0.3 is 0 Å². The molecule has 8 heteroatoms. The van der Waals surface area contributed by atoms with Crippen molar-refractivity contribution in [3.05, 3.63) is 53.9 Å². The first-order valence-electron chi connectivity index (χ1n) is 10.6. The number of ether oxygens (including phenoxy) is 1. The summed E-state index contributed by atoms with van der Waals surface area (Å²) in [4.78, 5) is 22.1. The number of carbonyl (C=O) groups excluding carboxylic acids is 1. The van der Waals surface area contributed by atoms with Crippen LogP contribution in [0.15, 0.2) is 42.6 Å². The number of aromatic amines is 1. The number of hydrogen-bond donors (Lipinski definition) is 4. The number of aliphatic hydroxyl groups excluding tert-OH is 2. The fourth-order valence-electron chi connectivity index (χ4n) is 4.11. The number of nitrogens with one attached hydrogen (secondary N) is 2. The molecule has 0 saturated heterocycles. The smallest absolute Gasteiger partial charge is 0.251 e. The van der Waals surface area contributed by atoms with Crippen molar-refractivity contribution in [1.82, 2.24) is 20.2 Å². The molecular weight excluding hydrogens is 408 g/mol. The van der Waals surface area contributed by atoms with Crippen LogP contribution >= 0.6 is 0 Å². The molecule has 0 radical (unpaired) electrons. The third-order valence-corrected chi connectivity index (χ3v) is 5.83. The highest BCUT2D eigenvalue weighted by molar-refractivity contribution is 5.99. The van der Waals surface area contributed by atoms with Crippen molar-refractivity contribution in [3.63, 3.8) is 0 Å². The first-order valence-corrected chi connectivity index (χ1v) is 10.6. The zero-order valence-electron chi connectivity index (χ0n) is 18.3. The molecule has 0 spiro atoms. The second-order valence-corrected chi connectivity index (χ2v) is 7.87. The number of nitrogens with zero attached hydrogens (tertiary/aromatic N) is 2. The molecule has 4 N–H and O–H groups in total. The number of fused-ring (bicyclic) bond motifs is 1. The van der Waals surface area contributed by atoms with Crippen molar-refractivity contribution in [3.8, 4) is 16.9 Å². The summed E-state index contributed by atoms with van der Waals surface area (Å²) in [7, 11) is 3.20. The van der Waals surface area contributed by atoms with E-state index in [4.69, 9.17) is 9.84 Å². The number of pyridine rings is 1. The first-order chi connectivity index (χ1) is 15.5. The summed E-state index contributed by atoms with van der Waals surface area (Å²) < 4.78 is 5.59. The highest BCUT2D eigenvalue weighted by Crippen LogP contribution is 2.36. The predicted octanol–water partition coefficient (Wildman–Crippen LogP) is 2.04. The summed E-state index contributed by atoms with van der Waals surface area (Å²) >= 11 is 0. The van der Waals surface area contributed by atoms with E-state index < -0.39 is 6.10 Å². The van der Waals surface area contributed by atoms with E-state index in [0.29, 0.717) is 17.9 Å². The SMILES string of the molecule is CNC(=O)c1ccc(-c2ccnc3[nH]c(C4=CCN(CC(O)CO)CC4)cc23)c(OC)c1. The summed E-state index contributed by atoms with van der Waals surface area (Å²) in [5.41, 5.74) is 5.40. The fraction of sp³-hybridized carbons (Fsp3) is 0.333. The minimum Gasteiger partial charge on any atom is -0.496 e. The number of carbonyl (C=O) groups is 1. The van der Waals surface area contributed by atoms with Crippen LogP contribution in [0.3, 0.4) is 0 Å². The molecule has 0 fully saturated rings. The van der Waals surface area contributed by atoms with E-state index in [1.54, 1.807) is 32.5 Å². The summed E-state index contributed by atoms with van der Waals surface area (Å²) in [6.07, 6.45) is 4.04. The van der Waals surface area contributed by atoms with Crippen LogP contribution in [-0.4, -0.2) is 77.5 Å². The number of β-amino-alcohol motifs (C(OH)–C–C–N with tert-alkyl or cyclic N) is 1. The van der Waals surface area contributed by atoms with Crippen LogP contribution < -0.4 is 10.1 Å². The van der Waals surface area contributed by atoms with Gasteiger partial charge in [-0.25, -0.2) is 4.98 Å². The molecule has 1 aliphatic rings. The van der Waals surface area contributed by atoms with Crippen molar-refractivity contribution in [2.75, 3.05) is 40.4 Å². The lowest BCUT2D eigenvalue weighted by atomic mass is 9.99. The maximum absolute atomic E-state index is 12.0. The van der Waals surface area contributed by atoms with E-state index in [9.17, 15) is 9.90 Å². The van der Waals surface area contributed by atoms with E-state index >= 15 is 0 Å². The van der Waals surface area contributed by atoms with Crippen molar-refractivity contribution in [1.29, 1.82) is 0 Å². The molecule has 3 heterocycles. The molecular formula is C24H28N4O4. The third kappa shape index (κ3) is 4.38. The normalized spacial score (nSPS) is 15.4. The van der Waals surface area contributed by atoms with Gasteiger partial charge in [0, 0.05) is 55.1 Å². The van der Waals surface area contributed by atoms with Crippen LogP contribution in [0.2, 0.25) is 0 Å². The summed E-state index contributed by atoms with van der Waals surface area (Å²) in [5, 5.41) is 22.3. The Kier molecular flexibility index (Phi) is 6.55. The minimum atomic E-state index is -0.713. The molecule has 1 aromatic carbocycles. The molecule has 3 aromatic rings. The van der Waals surface area contributed by atoms with Gasteiger partial charge in [0.15, 0.2) is 0 Å². The minimum absolute atomic E-state index is 0.163. The number of amides is 1. The molecule has 0 bridgehead atoms. The number of rotatable bonds is 7. The van der Waals surface area contributed by atoms with Gasteiger partial charge in [0.25, 0.3) is 5.91 Å². The number of methoxy groups -OCH3 is 1. The Morgan fingerprint density at radius 3 is 2.84 bits per heavy atom. The molecule has 1 aliphatic heterocycles. The van der Waals surface area contributed by atoms with Gasteiger partial charge in [0.05, 0.1) is 19.8 Å². The van der Waals surface area contributed by atoms with E-state index in [2.05, 4.69) is 32.3 Å². The van der Waals surface area contributed by atoms with E-state index in [1.165, 1.54) is 5.57 Å². The van der Waals surface area contributed by atoms with Crippen LogP contribution in [0.25, 0.3) is 27.7 Å². The van der Waals surface area contributed by atoms with Crippen LogP contribution in [0, 0.1) is 0 Å². The van der Waals surface area contributed by atoms with Crippen molar-refractivity contribution in [2.24, 2.45) is 0 Å². The monoisotopic (exact) mass is 436 g/mol. The van der Waals surface area contributed by atoms with Gasteiger partial charge in [0.1, 0.15) is 11.4 Å². The highest BCUT2D eigenvalue weighted by Gasteiger charge is 2.19. The fourth-order valence-corrected chi connectivity index (χ4v) is 4.11. The van der Waals surface area contributed by atoms with Crippen LogP contribution in [0.4, 0.5) is 0 Å². The lowest BCUT2D eigenvalue weighted by Gasteiger charge is -2.27. The molecule has 1 atom stereocenters. The van der Waals surface area contributed by atoms with Crippen molar-refractivity contribution < 1.29 is 19.7 Å². The van der Waals surface area contributed by atoms with Gasteiger partial charge in [-0.15, -0.1) is 0 Å². The predicted molar refractivity (Wildman–Crippen MR) is 124 cm³/mol. The molecule has 0 aliphatic carbocycles. The second kappa shape index (κ2) is 9.52. The number of benzene rings is 1. The maximum atomic E-state index is 12.0. The lowest BCUT2D eigenvalue weighted by Crippen LogP contribution is -2.37. The van der Waals surface area contributed by atoms with Crippen LogP contribution in [0.1, 0.15) is 22.5 Å². The number of hydrogen-bond acceptors (Lipinski definition) is 6. The summed E-state index contributed by atoms with van der Waals surface area (Å²) in [6.45, 7) is 1.77. The van der Waals surface area contributed by atoms with Crippen LogP contribution in [0.5, 0.6) is 5.75 Å². The second-order valence-electron chi connectivity index (χ2n) is 7.87. The van der Waals surface area contributed by atoms with Gasteiger partial charge in [-0.05, 0) is 47.9 Å². The standard InChI is InChI=1S/C24H28N4O4/c1-25-24(31)16-3-4-19(22(11-16)32-2)18-5-8-26-23-20(18)12-21(27-23)15-6-9-28(10-7-15)13-17(30)14-29/h3-6,8,11-12,17,29-30H,7,9-10,13-14H2,1-2H3,(H,25,31)(H,26,27). The maximum Gasteiger partial charge on any atom is 0.251 e. The zero-order chi connectivity index (χ0) is 22.7. The summed E-state index contributed by atoms with van der Waals surface area (Å²) in [6, 6.07) is 9.48. The quantitative estimate of drug-likeness (QED) is 0.451. The van der Waals surface area contributed by atoms with Gasteiger partial charge in [0.2, 0.25) is 0 Å². The Hall–Kier alpha value is -3.20. The Morgan fingerprint density at radius 2 is 2.16 bits per heavy atom. The Morgan fingerprint density at radius 1 is 1.31 bits per heavy atom. The molecule has 1 amide bonds. The Labute approximate surface area is 186 Å². The first kappa shape index (κ1) is 22.0. The molecule has 1 unspecified atom stereocenters. The van der Waals surface area contributed by atoms with E-state index in [-0.39, 0.29) is 12.5 Å². The van der Waals surface area contributed by atoms with E-state index in [0.717, 1.165) is 47.4 Å². The van der Waals surface area contributed by atoms with Gasteiger partial charge in [-0.1, -0.05) is 6.08 Å². The molecule has 2 aromatic heterocycles. The van der Waals surface area contributed by atoms with Crippen LogP contribution in [-0.2, 0) is 0 Å². The highest BCUT2D eigenvalue weighted by atomic mass is 16.5. The number of aromatic nitrogens is 2. The van der Waals surface area contributed by atoms with E-state index in [1.807, 2.05) is 12.1 Å². The topological polar surface area (TPSA) is 111 Å². The lowest BCUT2D eigenvalue weighted by molar-refractivity contribution is 0.0623. The van der Waals surface area contributed by atoms with Gasteiger partial charge in [-0.2, -0.15) is 0 Å². The van der Waals surface area contributed by atoms with Gasteiger partial charge < -0.3 is 25.3 Å². The molecule has 8 nitrogen and oxygen atoms in total. The average molecular weight is 437 g/mol. The largest absolute Gasteiger partial charge is 0.496 e. The Bertz CT molecular complexity index is 1150. The Balaban J connectivity index is 1.66. The molecule has 0 saturated carbocycles. The average Bonchev–Trinajstić information content (AvgIpc) is 3.28. The third-order valence-electron chi connectivity index (χ3n) is 5.83. The van der Waals surface area contributed by atoms with Gasteiger partial charge in [-0.3, -0.25) is 9.69 Å². The number of H-pyrrole nitrogens is 1. The molecule has 4 rings (SSSR count). The zero-order valence-corrected chi connectivity index (χ0v) is 18.3. The number of aliphatic hydroxyl groups is 2. The van der Waals surface area contributed by atoms with Crippen molar-refractivity contribution in [2.45, 2.75) is 12.5 Å². The van der Waals surface area contributed by atoms with Crippen molar-refractivity contribution >= 4 is 22.5 Å². The molecule has 32 heavy (non-hydrogen) atoms. The molecule has 168 valence electrons. The summed E-state index contributed by atoms with van der Waals surface area (Å²) in [5.74, 6) is 0.458.